The van der Waals surface area contributed by atoms with Crippen molar-refractivity contribution in [3.63, 3.8) is 0 Å². The smallest absolute Gasteiger partial charge is 0.300 e. The van der Waals surface area contributed by atoms with Crippen LogP contribution in [0.3, 0.4) is 0 Å². The molecule has 2 rings (SSSR count). The number of nitro groups is 1. The summed E-state index contributed by atoms with van der Waals surface area (Å²) in [6.07, 6.45) is 1.00. The van der Waals surface area contributed by atoms with Crippen LogP contribution in [0.5, 0.6) is 0 Å². The molecule has 1 fully saturated rings. The first-order valence-electron chi connectivity index (χ1n) is 5.36. The van der Waals surface area contributed by atoms with Gasteiger partial charge in [0, 0.05) is 13.1 Å². The van der Waals surface area contributed by atoms with E-state index in [-0.39, 0.29) is 17.1 Å². The van der Waals surface area contributed by atoms with Gasteiger partial charge in [0.1, 0.15) is 17.6 Å². The normalized spacial score (nSPS) is 15.4. The van der Waals surface area contributed by atoms with Crippen LogP contribution in [0.1, 0.15) is 10.4 Å². The van der Waals surface area contributed by atoms with Crippen LogP contribution in [0.4, 0.5) is 11.5 Å². The van der Waals surface area contributed by atoms with Crippen molar-refractivity contribution >= 4 is 17.4 Å². The minimum atomic E-state index is -0.639. The Labute approximate surface area is 102 Å². The minimum Gasteiger partial charge on any atom is -0.384 e. The molecule has 0 saturated carbocycles. The van der Waals surface area contributed by atoms with E-state index >= 15 is 0 Å². The molecule has 8 nitrogen and oxygen atoms in total. The topological polar surface area (TPSA) is 112 Å². The van der Waals surface area contributed by atoms with Gasteiger partial charge in [-0.05, 0) is 6.07 Å². The summed E-state index contributed by atoms with van der Waals surface area (Å²) >= 11 is 0. The zero-order valence-electron chi connectivity index (χ0n) is 9.54. The number of ether oxygens (including phenoxy) is 1. The maximum absolute atomic E-state index is 12.2. The van der Waals surface area contributed by atoms with Gasteiger partial charge in [-0.25, -0.2) is 4.98 Å². The second-order valence-corrected chi connectivity index (χ2v) is 3.79. The molecule has 96 valence electrons. The number of pyridine rings is 1. The van der Waals surface area contributed by atoms with E-state index in [4.69, 9.17) is 10.5 Å². The van der Waals surface area contributed by atoms with Crippen LogP contribution in [-0.4, -0.2) is 47.0 Å². The molecule has 1 aromatic rings. The highest BCUT2D eigenvalue weighted by molar-refractivity contribution is 5.98. The molecule has 1 aliphatic heterocycles. The SMILES string of the molecule is Nc1cc(C(=O)N2CCOCC2)c([N+](=O)[O-])cn1. The van der Waals surface area contributed by atoms with Crippen molar-refractivity contribution in [1.82, 2.24) is 9.88 Å². The fourth-order valence-corrected chi connectivity index (χ4v) is 1.72. The Morgan fingerprint density at radius 3 is 2.78 bits per heavy atom. The molecular weight excluding hydrogens is 240 g/mol. The number of carbonyl (C=O) groups is 1. The second-order valence-electron chi connectivity index (χ2n) is 3.79. The van der Waals surface area contributed by atoms with Gasteiger partial charge in [-0.15, -0.1) is 0 Å². The van der Waals surface area contributed by atoms with E-state index in [2.05, 4.69) is 4.98 Å². The predicted octanol–water partition coefficient (Wildman–Crippen LogP) is 0.0444. The fraction of sp³-hybridized carbons (Fsp3) is 0.400. The van der Waals surface area contributed by atoms with E-state index in [1.165, 1.54) is 11.0 Å². The molecular formula is C10H12N4O4. The Balaban J connectivity index is 2.33. The van der Waals surface area contributed by atoms with Crippen molar-refractivity contribution in [3.05, 3.63) is 27.9 Å². The average molecular weight is 252 g/mol. The molecule has 1 aromatic heterocycles. The third-order valence-electron chi connectivity index (χ3n) is 2.63. The number of morpholine rings is 1. The highest BCUT2D eigenvalue weighted by Gasteiger charge is 2.26. The van der Waals surface area contributed by atoms with Crippen molar-refractivity contribution in [2.45, 2.75) is 0 Å². The van der Waals surface area contributed by atoms with Gasteiger partial charge in [0.25, 0.3) is 11.6 Å². The summed E-state index contributed by atoms with van der Waals surface area (Å²) in [6, 6.07) is 1.23. The van der Waals surface area contributed by atoms with Crippen molar-refractivity contribution in [3.8, 4) is 0 Å². The van der Waals surface area contributed by atoms with E-state index in [0.717, 1.165) is 6.20 Å². The molecule has 0 aromatic carbocycles. The van der Waals surface area contributed by atoms with Crippen LogP contribution >= 0.6 is 0 Å². The first-order chi connectivity index (χ1) is 8.59. The third-order valence-corrected chi connectivity index (χ3v) is 2.63. The first-order valence-corrected chi connectivity index (χ1v) is 5.36. The number of nitrogens with zero attached hydrogens (tertiary/aromatic N) is 3. The zero-order chi connectivity index (χ0) is 13.1. The summed E-state index contributed by atoms with van der Waals surface area (Å²) in [5.74, 6) is -0.337. The molecule has 0 bridgehead atoms. The van der Waals surface area contributed by atoms with E-state index in [1.54, 1.807) is 0 Å². The Bertz CT molecular complexity index is 485. The van der Waals surface area contributed by atoms with Gasteiger partial charge >= 0.3 is 0 Å². The van der Waals surface area contributed by atoms with E-state index in [0.29, 0.717) is 26.3 Å². The quantitative estimate of drug-likeness (QED) is 0.587. The monoisotopic (exact) mass is 252 g/mol. The summed E-state index contributed by atoms with van der Waals surface area (Å²) in [5.41, 5.74) is 5.10. The molecule has 0 unspecified atom stereocenters. The van der Waals surface area contributed by atoms with Crippen molar-refractivity contribution in [2.24, 2.45) is 0 Å². The molecule has 1 saturated heterocycles. The van der Waals surface area contributed by atoms with Crippen LogP contribution in [-0.2, 0) is 4.74 Å². The zero-order valence-corrected chi connectivity index (χ0v) is 9.54. The molecule has 0 radical (unpaired) electrons. The molecule has 1 amide bonds. The van der Waals surface area contributed by atoms with Crippen LogP contribution in [0.25, 0.3) is 0 Å². The molecule has 0 atom stereocenters. The third kappa shape index (κ3) is 2.38. The molecule has 2 heterocycles. The van der Waals surface area contributed by atoms with Crippen molar-refractivity contribution < 1.29 is 14.5 Å². The van der Waals surface area contributed by atoms with Gasteiger partial charge in [-0.1, -0.05) is 0 Å². The maximum atomic E-state index is 12.2. The average Bonchev–Trinajstić information content (AvgIpc) is 2.38. The molecule has 8 heteroatoms. The van der Waals surface area contributed by atoms with E-state index < -0.39 is 10.8 Å². The predicted molar refractivity (Wildman–Crippen MR) is 62.0 cm³/mol. The molecule has 0 spiro atoms. The lowest BCUT2D eigenvalue weighted by atomic mass is 10.2. The summed E-state index contributed by atoms with van der Waals surface area (Å²) in [7, 11) is 0. The van der Waals surface area contributed by atoms with E-state index in [1.807, 2.05) is 0 Å². The number of rotatable bonds is 2. The maximum Gasteiger partial charge on any atom is 0.300 e. The van der Waals surface area contributed by atoms with Crippen LogP contribution < -0.4 is 5.73 Å². The Kier molecular flexibility index (Phi) is 3.38. The van der Waals surface area contributed by atoms with Gasteiger partial charge in [0.05, 0.1) is 18.1 Å². The molecule has 0 aliphatic carbocycles. The van der Waals surface area contributed by atoms with E-state index in [9.17, 15) is 14.9 Å². The Hall–Kier alpha value is -2.22. The van der Waals surface area contributed by atoms with Crippen LogP contribution in [0.15, 0.2) is 12.3 Å². The summed E-state index contributed by atoms with van der Waals surface area (Å²) in [4.78, 5) is 27.5. The highest BCUT2D eigenvalue weighted by Crippen LogP contribution is 2.21. The van der Waals surface area contributed by atoms with Crippen molar-refractivity contribution in [2.75, 3.05) is 32.0 Å². The number of carbonyl (C=O) groups excluding carboxylic acids is 1. The number of nitrogens with two attached hydrogens (primary N) is 1. The van der Waals surface area contributed by atoms with Crippen LogP contribution in [0, 0.1) is 10.1 Å². The lowest BCUT2D eigenvalue weighted by Gasteiger charge is -2.26. The fourth-order valence-electron chi connectivity index (χ4n) is 1.72. The van der Waals surface area contributed by atoms with Crippen molar-refractivity contribution in [1.29, 1.82) is 0 Å². The number of hydrogen-bond donors (Lipinski definition) is 1. The van der Waals surface area contributed by atoms with Crippen LogP contribution in [0.2, 0.25) is 0 Å². The lowest BCUT2D eigenvalue weighted by molar-refractivity contribution is -0.385. The number of amides is 1. The van der Waals surface area contributed by atoms with Gasteiger partial charge in [0.15, 0.2) is 0 Å². The summed E-state index contributed by atoms with van der Waals surface area (Å²) in [5, 5.41) is 10.8. The summed E-state index contributed by atoms with van der Waals surface area (Å²) < 4.78 is 5.12. The Morgan fingerprint density at radius 1 is 1.50 bits per heavy atom. The Morgan fingerprint density at radius 2 is 2.17 bits per heavy atom. The second kappa shape index (κ2) is 4.96. The number of hydrogen-bond acceptors (Lipinski definition) is 6. The number of aromatic nitrogens is 1. The molecule has 18 heavy (non-hydrogen) atoms. The number of anilines is 1. The van der Waals surface area contributed by atoms with Gasteiger partial charge in [-0.2, -0.15) is 0 Å². The molecule has 1 aliphatic rings. The van der Waals surface area contributed by atoms with Gasteiger partial charge < -0.3 is 15.4 Å². The lowest BCUT2D eigenvalue weighted by Crippen LogP contribution is -2.40. The first kappa shape index (κ1) is 12.2. The number of nitrogen functional groups attached to an aromatic ring is 1. The van der Waals surface area contributed by atoms with Gasteiger partial charge in [0.2, 0.25) is 0 Å². The standard InChI is InChI=1S/C10H12N4O4/c11-9-5-7(8(6-12-9)14(16)17)10(15)13-1-3-18-4-2-13/h5-6H,1-4H2,(H2,11,12). The summed E-state index contributed by atoms with van der Waals surface area (Å²) in [6.45, 7) is 1.69. The molecule has 2 N–H and O–H groups in total. The largest absolute Gasteiger partial charge is 0.384 e. The minimum absolute atomic E-state index is 0.0330. The highest BCUT2D eigenvalue weighted by atomic mass is 16.6. The van der Waals surface area contributed by atoms with Gasteiger partial charge in [-0.3, -0.25) is 14.9 Å².